The third kappa shape index (κ3) is 3.98. The van der Waals surface area contributed by atoms with Crippen LogP contribution < -0.4 is 10.1 Å². The van der Waals surface area contributed by atoms with Gasteiger partial charge in [-0.2, -0.15) is 0 Å². The van der Waals surface area contributed by atoms with Gasteiger partial charge in [-0.05, 0) is 44.8 Å². The fourth-order valence-electron chi connectivity index (χ4n) is 3.57. The molecule has 2 rings (SSSR count). The number of ether oxygens (including phenoxy) is 1. The van der Waals surface area contributed by atoms with Crippen LogP contribution in [0.15, 0.2) is 24.3 Å². The van der Waals surface area contributed by atoms with Crippen LogP contribution in [-0.2, 0) is 6.54 Å². The van der Waals surface area contributed by atoms with Crippen LogP contribution in [0.2, 0.25) is 0 Å². The van der Waals surface area contributed by atoms with Crippen LogP contribution in [0.25, 0.3) is 0 Å². The molecule has 0 saturated heterocycles. The zero-order valence-corrected chi connectivity index (χ0v) is 14.1. The maximum absolute atomic E-state index is 5.49. The Kier molecular flexibility index (Phi) is 5.28. The molecule has 0 spiro atoms. The number of hydrogen-bond acceptors (Lipinski definition) is 3. The molecule has 1 aromatic rings. The van der Waals surface area contributed by atoms with Crippen molar-refractivity contribution in [3.05, 3.63) is 29.8 Å². The van der Waals surface area contributed by atoms with Gasteiger partial charge in [0.05, 0.1) is 7.11 Å². The lowest BCUT2D eigenvalue weighted by molar-refractivity contribution is 0.0799. The molecule has 0 radical (unpaired) electrons. The lowest BCUT2D eigenvalue weighted by Crippen LogP contribution is -2.52. The molecule has 2 unspecified atom stereocenters. The molecule has 3 heteroatoms. The first-order valence-corrected chi connectivity index (χ1v) is 7.96. The van der Waals surface area contributed by atoms with Crippen molar-refractivity contribution in [2.45, 2.75) is 51.7 Å². The molecule has 0 bridgehead atoms. The summed E-state index contributed by atoms with van der Waals surface area (Å²) < 4.78 is 5.49. The quantitative estimate of drug-likeness (QED) is 0.900. The molecular formula is C18H30N2O. The summed E-state index contributed by atoms with van der Waals surface area (Å²) in [6.07, 6.45) is 3.80. The highest BCUT2D eigenvalue weighted by Crippen LogP contribution is 2.37. The highest BCUT2D eigenvalue weighted by molar-refractivity contribution is 5.33. The van der Waals surface area contributed by atoms with E-state index in [4.69, 9.17) is 4.74 Å². The lowest BCUT2D eigenvalue weighted by atomic mass is 9.72. The Balaban J connectivity index is 2.11. The molecule has 0 aromatic heterocycles. The minimum absolute atomic E-state index is 0.438. The van der Waals surface area contributed by atoms with E-state index in [1.807, 2.05) is 12.1 Å². The van der Waals surface area contributed by atoms with Gasteiger partial charge in [-0.25, -0.2) is 0 Å². The fraction of sp³-hybridized carbons (Fsp3) is 0.667. The smallest absolute Gasteiger partial charge is 0.123 e. The van der Waals surface area contributed by atoms with Crippen molar-refractivity contribution in [3.8, 4) is 5.75 Å². The normalized spacial score (nSPS) is 25.0. The summed E-state index contributed by atoms with van der Waals surface area (Å²) in [7, 11) is 6.08. The van der Waals surface area contributed by atoms with E-state index in [0.717, 1.165) is 12.3 Å². The third-order valence-corrected chi connectivity index (χ3v) is 4.91. The maximum atomic E-state index is 5.49. The first-order valence-electron chi connectivity index (χ1n) is 7.96. The monoisotopic (exact) mass is 290 g/mol. The summed E-state index contributed by atoms with van der Waals surface area (Å²) in [4.78, 5) is 2.49. The van der Waals surface area contributed by atoms with Gasteiger partial charge in [-0.1, -0.05) is 32.0 Å². The zero-order chi connectivity index (χ0) is 15.5. The summed E-state index contributed by atoms with van der Waals surface area (Å²) in [5.74, 6) is 0.987. The van der Waals surface area contributed by atoms with Crippen molar-refractivity contribution in [2.24, 2.45) is 5.41 Å². The predicted octanol–water partition coefficient (Wildman–Crippen LogP) is 3.29. The van der Waals surface area contributed by atoms with E-state index in [-0.39, 0.29) is 0 Å². The summed E-state index contributed by atoms with van der Waals surface area (Å²) in [5, 5.41) is 3.51. The van der Waals surface area contributed by atoms with E-state index in [1.165, 1.54) is 24.8 Å². The third-order valence-electron chi connectivity index (χ3n) is 4.91. The van der Waals surface area contributed by atoms with E-state index in [9.17, 15) is 0 Å². The Hall–Kier alpha value is -1.06. The van der Waals surface area contributed by atoms with Crippen LogP contribution in [0.4, 0.5) is 0 Å². The van der Waals surface area contributed by atoms with Crippen molar-refractivity contribution >= 4 is 0 Å². The Morgan fingerprint density at radius 3 is 2.71 bits per heavy atom. The van der Waals surface area contributed by atoms with E-state index in [0.29, 0.717) is 17.5 Å². The molecule has 1 saturated carbocycles. The number of para-hydroxylation sites is 1. The molecule has 21 heavy (non-hydrogen) atoms. The number of hydrogen-bond donors (Lipinski definition) is 1. The Morgan fingerprint density at radius 1 is 1.33 bits per heavy atom. The molecular weight excluding hydrogens is 260 g/mol. The van der Waals surface area contributed by atoms with Crippen molar-refractivity contribution in [1.82, 2.24) is 10.2 Å². The number of likely N-dealkylation sites (N-methyl/N-ethyl adjacent to an activating group) is 2. The van der Waals surface area contributed by atoms with Crippen molar-refractivity contribution < 1.29 is 4.74 Å². The van der Waals surface area contributed by atoms with E-state index in [1.54, 1.807) is 7.11 Å². The fourth-order valence-corrected chi connectivity index (χ4v) is 3.57. The highest BCUT2D eigenvalue weighted by atomic mass is 16.5. The number of methoxy groups -OCH3 is 1. The van der Waals surface area contributed by atoms with Crippen LogP contribution >= 0.6 is 0 Å². The van der Waals surface area contributed by atoms with Gasteiger partial charge in [0.2, 0.25) is 0 Å². The van der Waals surface area contributed by atoms with Gasteiger partial charge in [0, 0.05) is 24.2 Å². The average Bonchev–Trinajstić information content (AvgIpc) is 2.47. The topological polar surface area (TPSA) is 24.5 Å². The van der Waals surface area contributed by atoms with Gasteiger partial charge in [0.15, 0.2) is 0 Å². The molecule has 0 aliphatic heterocycles. The van der Waals surface area contributed by atoms with Gasteiger partial charge in [0.25, 0.3) is 0 Å². The van der Waals surface area contributed by atoms with Crippen LogP contribution in [0, 0.1) is 5.41 Å². The van der Waals surface area contributed by atoms with E-state index in [2.05, 4.69) is 50.3 Å². The largest absolute Gasteiger partial charge is 0.496 e. The van der Waals surface area contributed by atoms with Crippen LogP contribution in [0.5, 0.6) is 5.75 Å². The lowest BCUT2D eigenvalue weighted by Gasteiger charge is -2.45. The summed E-state index contributed by atoms with van der Waals surface area (Å²) >= 11 is 0. The standard InChI is InChI=1S/C18H30N2O/c1-18(2)11-10-15(19-3)16(12-18)20(4)13-14-8-6-7-9-17(14)21-5/h6-9,15-16,19H,10-13H2,1-5H3. The van der Waals surface area contributed by atoms with E-state index < -0.39 is 0 Å². The van der Waals surface area contributed by atoms with Gasteiger partial charge < -0.3 is 10.1 Å². The highest BCUT2D eigenvalue weighted by Gasteiger charge is 2.36. The molecule has 1 N–H and O–H groups in total. The van der Waals surface area contributed by atoms with Crippen LogP contribution in [0.1, 0.15) is 38.7 Å². The summed E-state index contributed by atoms with van der Waals surface area (Å²) in [5.41, 5.74) is 1.70. The van der Waals surface area contributed by atoms with Crippen LogP contribution in [-0.4, -0.2) is 38.2 Å². The second-order valence-electron chi connectivity index (χ2n) is 7.10. The van der Waals surface area contributed by atoms with Crippen molar-refractivity contribution in [2.75, 3.05) is 21.2 Å². The van der Waals surface area contributed by atoms with Crippen molar-refractivity contribution in [3.63, 3.8) is 0 Å². The van der Waals surface area contributed by atoms with Gasteiger partial charge >= 0.3 is 0 Å². The first kappa shape index (κ1) is 16.3. The summed E-state index contributed by atoms with van der Waals surface area (Å²) in [6, 6.07) is 9.48. The Morgan fingerprint density at radius 2 is 2.05 bits per heavy atom. The predicted molar refractivity (Wildman–Crippen MR) is 88.7 cm³/mol. The molecule has 118 valence electrons. The Bertz CT molecular complexity index is 458. The van der Waals surface area contributed by atoms with Gasteiger partial charge in [0.1, 0.15) is 5.75 Å². The molecule has 1 aromatic carbocycles. The number of nitrogens with one attached hydrogen (secondary N) is 1. The number of rotatable bonds is 5. The molecule has 1 aliphatic carbocycles. The van der Waals surface area contributed by atoms with E-state index >= 15 is 0 Å². The summed E-state index contributed by atoms with van der Waals surface area (Å²) in [6.45, 7) is 5.72. The second-order valence-corrected chi connectivity index (χ2v) is 7.10. The zero-order valence-electron chi connectivity index (χ0n) is 14.1. The number of nitrogens with zero attached hydrogens (tertiary/aromatic N) is 1. The molecule has 0 heterocycles. The van der Waals surface area contributed by atoms with Gasteiger partial charge in [-0.3, -0.25) is 4.90 Å². The Labute approximate surface area is 129 Å². The maximum Gasteiger partial charge on any atom is 0.123 e. The van der Waals surface area contributed by atoms with Crippen molar-refractivity contribution in [1.29, 1.82) is 0 Å². The minimum atomic E-state index is 0.438. The van der Waals surface area contributed by atoms with Crippen LogP contribution in [0.3, 0.4) is 0 Å². The molecule has 0 amide bonds. The van der Waals surface area contributed by atoms with Gasteiger partial charge in [-0.15, -0.1) is 0 Å². The first-order chi connectivity index (χ1) is 9.96. The molecule has 3 nitrogen and oxygen atoms in total. The molecule has 2 atom stereocenters. The minimum Gasteiger partial charge on any atom is -0.496 e. The SMILES string of the molecule is CNC1CCC(C)(C)CC1N(C)Cc1ccccc1OC. The average molecular weight is 290 g/mol. The molecule has 1 fully saturated rings. The molecule has 1 aliphatic rings. The number of benzene rings is 1. The second kappa shape index (κ2) is 6.80.